The summed E-state index contributed by atoms with van der Waals surface area (Å²) in [5, 5.41) is 9.64. The van der Waals surface area contributed by atoms with Crippen molar-refractivity contribution in [3.05, 3.63) is 41.5 Å². The second-order valence-electron chi connectivity index (χ2n) is 3.44. The smallest absolute Gasteiger partial charge is 0.333 e. The van der Waals surface area contributed by atoms with Gasteiger partial charge in [-0.25, -0.2) is 4.79 Å². The Hall–Kier alpha value is -1.77. The third-order valence-electron chi connectivity index (χ3n) is 2.03. The molecule has 3 nitrogen and oxygen atoms in total. The number of ether oxygens (including phenoxy) is 1. The molecule has 19 heavy (non-hydrogen) atoms. The quantitative estimate of drug-likeness (QED) is 0.652. The zero-order valence-electron chi connectivity index (χ0n) is 12.9. The molecule has 0 radical (unpaired) electrons. The van der Waals surface area contributed by atoms with Crippen LogP contribution in [0.3, 0.4) is 0 Å². The first-order valence-corrected chi connectivity index (χ1v) is 6.62. The summed E-state index contributed by atoms with van der Waals surface area (Å²) in [6, 6.07) is 5.31. The van der Waals surface area contributed by atoms with Crippen molar-refractivity contribution in [2.75, 3.05) is 0 Å². The number of rotatable bonds is 3. The zero-order chi connectivity index (χ0) is 15.4. The van der Waals surface area contributed by atoms with E-state index in [0.29, 0.717) is 11.1 Å². The number of carbonyl (C=O) groups is 1. The third-order valence-corrected chi connectivity index (χ3v) is 2.03. The number of carbonyl (C=O) groups excluding carboxylic acids is 1. The Labute approximate surface area is 116 Å². The SMILES string of the molecule is C=C(C)C(=O)OCc1cccc(C)c1O.CC.CC. The molecule has 0 aliphatic carbocycles. The zero-order valence-corrected chi connectivity index (χ0v) is 12.9. The van der Waals surface area contributed by atoms with Gasteiger partial charge < -0.3 is 9.84 Å². The fourth-order valence-corrected chi connectivity index (χ4v) is 1.10. The first-order chi connectivity index (χ1) is 9.02. The topological polar surface area (TPSA) is 46.5 Å². The van der Waals surface area contributed by atoms with Crippen molar-refractivity contribution in [2.24, 2.45) is 0 Å². The lowest BCUT2D eigenvalue weighted by atomic mass is 10.1. The fraction of sp³-hybridized carbons (Fsp3) is 0.438. The monoisotopic (exact) mass is 266 g/mol. The molecule has 0 aliphatic rings. The molecular weight excluding hydrogens is 240 g/mol. The lowest BCUT2D eigenvalue weighted by Gasteiger charge is -2.07. The highest BCUT2D eigenvalue weighted by molar-refractivity contribution is 5.86. The molecule has 0 spiro atoms. The van der Waals surface area contributed by atoms with E-state index in [0.717, 1.165) is 5.56 Å². The molecule has 1 rings (SSSR count). The Morgan fingerprint density at radius 1 is 1.26 bits per heavy atom. The van der Waals surface area contributed by atoms with E-state index >= 15 is 0 Å². The summed E-state index contributed by atoms with van der Waals surface area (Å²) < 4.78 is 4.93. The van der Waals surface area contributed by atoms with Crippen molar-refractivity contribution in [1.82, 2.24) is 0 Å². The maximum Gasteiger partial charge on any atom is 0.333 e. The summed E-state index contributed by atoms with van der Waals surface area (Å²) in [5.74, 6) is -0.275. The largest absolute Gasteiger partial charge is 0.507 e. The third kappa shape index (κ3) is 7.29. The lowest BCUT2D eigenvalue weighted by Crippen LogP contribution is -2.05. The summed E-state index contributed by atoms with van der Waals surface area (Å²) in [7, 11) is 0. The molecule has 1 aromatic rings. The van der Waals surface area contributed by atoms with Crippen LogP contribution in [0.1, 0.15) is 45.7 Å². The van der Waals surface area contributed by atoms with Crippen LogP contribution < -0.4 is 0 Å². The van der Waals surface area contributed by atoms with Crippen LogP contribution in [0, 0.1) is 6.92 Å². The van der Waals surface area contributed by atoms with E-state index in [1.165, 1.54) is 0 Å². The predicted molar refractivity (Wildman–Crippen MR) is 80.1 cm³/mol. The van der Waals surface area contributed by atoms with Crippen LogP contribution in [0.25, 0.3) is 0 Å². The fourth-order valence-electron chi connectivity index (χ4n) is 1.10. The minimum atomic E-state index is -0.448. The minimum absolute atomic E-state index is 0.0687. The maximum absolute atomic E-state index is 11.1. The minimum Gasteiger partial charge on any atom is -0.507 e. The van der Waals surface area contributed by atoms with Crippen molar-refractivity contribution in [3.63, 3.8) is 0 Å². The molecule has 0 amide bonds. The van der Waals surface area contributed by atoms with E-state index in [4.69, 9.17) is 4.74 Å². The van der Waals surface area contributed by atoms with Gasteiger partial charge in [0.2, 0.25) is 0 Å². The van der Waals surface area contributed by atoms with E-state index < -0.39 is 5.97 Å². The van der Waals surface area contributed by atoms with Gasteiger partial charge in [-0.3, -0.25) is 0 Å². The predicted octanol–water partition coefficient (Wildman–Crippen LogP) is 4.37. The molecule has 108 valence electrons. The van der Waals surface area contributed by atoms with Gasteiger partial charge in [-0.1, -0.05) is 52.5 Å². The number of phenols is 1. The Kier molecular flexibility index (Phi) is 11.7. The number of hydrogen-bond acceptors (Lipinski definition) is 3. The van der Waals surface area contributed by atoms with E-state index in [1.54, 1.807) is 32.0 Å². The maximum atomic E-state index is 11.1. The number of phenolic OH excluding ortho intramolecular Hbond substituents is 1. The number of benzene rings is 1. The van der Waals surface area contributed by atoms with E-state index in [9.17, 15) is 9.90 Å². The van der Waals surface area contributed by atoms with E-state index in [-0.39, 0.29) is 12.4 Å². The highest BCUT2D eigenvalue weighted by atomic mass is 16.5. The second-order valence-corrected chi connectivity index (χ2v) is 3.44. The number of aryl methyl sites for hydroxylation is 1. The van der Waals surface area contributed by atoms with E-state index in [2.05, 4.69) is 6.58 Å². The van der Waals surface area contributed by atoms with Crippen LogP contribution in [0.4, 0.5) is 0 Å². The van der Waals surface area contributed by atoms with Gasteiger partial charge in [-0.2, -0.15) is 0 Å². The standard InChI is InChI=1S/C12H14O3.2C2H6/c1-8(2)12(14)15-7-10-6-4-5-9(3)11(10)13;2*1-2/h4-6,13H,1,7H2,2-3H3;2*1-2H3. The van der Waals surface area contributed by atoms with Crippen LogP contribution in [0.5, 0.6) is 5.75 Å². The molecule has 0 aliphatic heterocycles. The van der Waals surface area contributed by atoms with Crippen molar-refractivity contribution in [2.45, 2.75) is 48.1 Å². The van der Waals surface area contributed by atoms with Crippen LogP contribution in [0.15, 0.2) is 30.4 Å². The van der Waals surface area contributed by atoms with Gasteiger partial charge >= 0.3 is 5.97 Å². The Morgan fingerprint density at radius 3 is 2.26 bits per heavy atom. The number of esters is 1. The number of hydrogen-bond donors (Lipinski definition) is 1. The molecule has 0 fully saturated rings. The van der Waals surface area contributed by atoms with Gasteiger partial charge in [0.15, 0.2) is 0 Å². The first-order valence-electron chi connectivity index (χ1n) is 6.62. The molecule has 0 saturated heterocycles. The van der Waals surface area contributed by atoms with Gasteiger partial charge in [-0.05, 0) is 19.4 Å². The summed E-state index contributed by atoms with van der Waals surface area (Å²) in [6.45, 7) is 14.9. The summed E-state index contributed by atoms with van der Waals surface area (Å²) in [6.07, 6.45) is 0. The number of aromatic hydroxyl groups is 1. The Bertz CT molecular complexity index is 395. The van der Waals surface area contributed by atoms with E-state index in [1.807, 2.05) is 27.7 Å². The van der Waals surface area contributed by atoms with Crippen LogP contribution in [-0.4, -0.2) is 11.1 Å². The Morgan fingerprint density at radius 2 is 1.79 bits per heavy atom. The van der Waals surface area contributed by atoms with Gasteiger partial charge in [0.05, 0.1) is 0 Å². The highest BCUT2D eigenvalue weighted by Gasteiger charge is 2.07. The van der Waals surface area contributed by atoms with Gasteiger partial charge in [0, 0.05) is 11.1 Å². The van der Waals surface area contributed by atoms with Crippen molar-refractivity contribution < 1.29 is 14.6 Å². The molecule has 0 saturated carbocycles. The van der Waals surface area contributed by atoms with Crippen molar-refractivity contribution in [3.8, 4) is 5.75 Å². The molecule has 0 aromatic heterocycles. The lowest BCUT2D eigenvalue weighted by molar-refractivity contribution is -0.140. The number of para-hydroxylation sites is 1. The van der Waals surface area contributed by atoms with Crippen LogP contribution >= 0.6 is 0 Å². The molecular formula is C16H26O3. The normalized spacial score (nSPS) is 8.32. The summed E-state index contributed by atoms with van der Waals surface area (Å²) >= 11 is 0. The van der Waals surface area contributed by atoms with Gasteiger partial charge in [-0.15, -0.1) is 0 Å². The van der Waals surface area contributed by atoms with Crippen molar-refractivity contribution >= 4 is 5.97 Å². The molecule has 1 N–H and O–H groups in total. The van der Waals surface area contributed by atoms with Gasteiger partial charge in [0.1, 0.15) is 12.4 Å². The average Bonchev–Trinajstić information content (AvgIpc) is 2.44. The Balaban J connectivity index is 0. The summed E-state index contributed by atoms with van der Waals surface area (Å²) in [5.41, 5.74) is 1.71. The van der Waals surface area contributed by atoms with Crippen molar-refractivity contribution in [1.29, 1.82) is 0 Å². The second kappa shape index (κ2) is 11.3. The highest BCUT2D eigenvalue weighted by Crippen LogP contribution is 2.22. The molecule has 0 unspecified atom stereocenters. The molecule has 0 bridgehead atoms. The molecule has 0 atom stereocenters. The summed E-state index contributed by atoms with van der Waals surface area (Å²) in [4.78, 5) is 11.1. The average molecular weight is 266 g/mol. The molecule has 1 aromatic carbocycles. The van der Waals surface area contributed by atoms with Crippen LogP contribution in [-0.2, 0) is 16.1 Å². The van der Waals surface area contributed by atoms with Gasteiger partial charge in [0.25, 0.3) is 0 Å². The molecule has 0 heterocycles. The first kappa shape index (κ1) is 19.6. The van der Waals surface area contributed by atoms with Crippen LogP contribution in [0.2, 0.25) is 0 Å². The molecule has 3 heteroatoms.